The van der Waals surface area contributed by atoms with Crippen LogP contribution in [0.5, 0.6) is 11.5 Å². The minimum atomic E-state index is -0.969. The van der Waals surface area contributed by atoms with Crippen LogP contribution in [-0.4, -0.2) is 35.7 Å². The molecular weight excluding hydrogens is 471 g/mol. The normalized spacial score (nSPS) is 11.3. The summed E-state index contributed by atoms with van der Waals surface area (Å²) in [6.45, 7) is -0.351. The van der Waals surface area contributed by atoms with Crippen molar-refractivity contribution in [3.8, 4) is 11.5 Å². The van der Waals surface area contributed by atoms with Gasteiger partial charge in [0.25, 0.3) is 5.91 Å². The maximum Gasteiger partial charge on any atom is 0.307 e. The number of nitrogens with zero attached hydrogens (tertiary/aromatic N) is 1. The Labute approximate surface area is 204 Å². The van der Waals surface area contributed by atoms with E-state index in [1.54, 1.807) is 30.3 Å². The number of benzene rings is 3. The molecule has 4 aromatic rings. The average molecular weight is 493 g/mol. The molecule has 4 rings (SSSR count). The van der Waals surface area contributed by atoms with E-state index in [0.717, 1.165) is 10.2 Å². The number of rotatable bonds is 9. The summed E-state index contributed by atoms with van der Waals surface area (Å²) in [5.74, 6) is -1.37. The Balaban J connectivity index is 1.53. The monoisotopic (exact) mass is 492 g/mol. The van der Waals surface area contributed by atoms with E-state index in [4.69, 9.17) is 9.47 Å². The van der Waals surface area contributed by atoms with Gasteiger partial charge in [-0.05, 0) is 53.6 Å². The van der Waals surface area contributed by atoms with Crippen molar-refractivity contribution in [1.29, 1.82) is 0 Å². The van der Waals surface area contributed by atoms with E-state index < -0.39 is 17.7 Å². The molecule has 0 aliphatic rings. The van der Waals surface area contributed by atoms with E-state index in [1.165, 1.54) is 36.6 Å². The van der Waals surface area contributed by atoms with E-state index in [0.29, 0.717) is 27.6 Å². The van der Waals surface area contributed by atoms with Gasteiger partial charge in [0.2, 0.25) is 0 Å². The number of carboxylic acids is 1. The molecule has 0 radical (unpaired) electrons. The molecule has 0 atom stereocenters. The first-order valence-electron chi connectivity index (χ1n) is 10.6. The maximum atomic E-state index is 13.7. The lowest BCUT2D eigenvalue weighted by Gasteiger charge is -2.12. The summed E-state index contributed by atoms with van der Waals surface area (Å²) >= 11 is 1.42. The van der Waals surface area contributed by atoms with Gasteiger partial charge >= 0.3 is 5.97 Å². The van der Waals surface area contributed by atoms with Crippen LogP contribution >= 0.6 is 11.3 Å². The predicted octanol–water partition coefficient (Wildman–Crippen LogP) is 5.48. The van der Waals surface area contributed by atoms with Gasteiger partial charge in [-0.1, -0.05) is 30.3 Å². The van der Waals surface area contributed by atoms with Crippen LogP contribution in [0.25, 0.3) is 21.9 Å². The number of hydrogen-bond acceptors (Lipinski definition) is 6. The van der Waals surface area contributed by atoms with Crippen LogP contribution in [0.15, 0.2) is 66.7 Å². The molecule has 0 saturated heterocycles. The number of hydrogen-bond donors (Lipinski definition) is 2. The lowest BCUT2D eigenvalue weighted by Crippen LogP contribution is -2.20. The van der Waals surface area contributed by atoms with Crippen molar-refractivity contribution in [3.05, 3.63) is 83.1 Å². The number of aliphatic carboxylic acids is 1. The van der Waals surface area contributed by atoms with Crippen molar-refractivity contribution in [3.63, 3.8) is 0 Å². The fourth-order valence-electron chi connectivity index (χ4n) is 3.35. The molecule has 0 bridgehead atoms. The quantitative estimate of drug-likeness (QED) is 0.321. The highest BCUT2D eigenvalue weighted by atomic mass is 32.1. The van der Waals surface area contributed by atoms with E-state index in [2.05, 4.69) is 10.3 Å². The number of carboxylic acid groups (broad SMARTS) is 1. The molecule has 0 aliphatic heterocycles. The SMILES string of the molecule is COc1cc(C=C(CC(=O)O)c2nc3ccccc3s2)ccc1OCC(=O)Nc1ccccc1F. The lowest BCUT2D eigenvalue weighted by molar-refractivity contribution is -0.135. The average Bonchev–Trinajstić information content (AvgIpc) is 3.28. The molecule has 1 aromatic heterocycles. The number of nitrogens with one attached hydrogen (secondary N) is 1. The molecule has 0 spiro atoms. The van der Waals surface area contributed by atoms with Crippen molar-refractivity contribution >= 4 is 50.8 Å². The largest absolute Gasteiger partial charge is 0.493 e. The predicted molar refractivity (Wildman–Crippen MR) is 133 cm³/mol. The second kappa shape index (κ2) is 10.8. The zero-order valence-corrected chi connectivity index (χ0v) is 19.5. The lowest BCUT2D eigenvalue weighted by atomic mass is 10.1. The number of aromatic nitrogens is 1. The number of thiazole rings is 1. The number of para-hydroxylation sites is 2. The molecule has 178 valence electrons. The smallest absolute Gasteiger partial charge is 0.307 e. The maximum absolute atomic E-state index is 13.7. The first-order valence-corrected chi connectivity index (χ1v) is 11.4. The number of ether oxygens (including phenoxy) is 2. The second-order valence-corrected chi connectivity index (χ2v) is 8.48. The Morgan fingerprint density at radius 2 is 1.86 bits per heavy atom. The van der Waals surface area contributed by atoms with Gasteiger partial charge in [0.05, 0.1) is 29.4 Å². The van der Waals surface area contributed by atoms with Gasteiger partial charge in [-0.15, -0.1) is 11.3 Å². The first-order chi connectivity index (χ1) is 16.9. The fourth-order valence-corrected chi connectivity index (χ4v) is 4.33. The Bertz CT molecular complexity index is 1380. The molecule has 35 heavy (non-hydrogen) atoms. The van der Waals surface area contributed by atoms with E-state index in [-0.39, 0.29) is 18.7 Å². The highest BCUT2D eigenvalue weighted by molar-refractivity contribution is 7.19. The van der Waals surface area contributed by atoms with Gasteiger partial charge in [-0.3, -0.25) is 9.59 Å². The first kappa shape index (κ1) is 23.9. The Kier molecular flexibility index (Phi) is 7.37. The van der Waals surface area contributed by atoms with Crippen LogP contribution in [-0.2, 0) is 9.59 Å². The van der Waals surface area contributed by atoms with Gasteiger partial charge in [-0.25, -0.2) is 9.37 Å². The third-order valence-corrected chi connectivity index (χ3v) is 6.06. The second-order valence-electron chi connectivity index (χ2n) is 7.45. The fraction of sp³-hybridized carbons (Fsp3) is 0.115. The topological polar surface area (TPSA) is 97.8 Å². The van der Waals surface area contributed by atoms with Crippen molar-refractivity contribution in [2.75, 3.05) is 19.0 Å². The summed E-state index contributed by atoms with van der Waals surface area (Å²) in [7, 11) is 1.46. The molecule has 9 heteroatoms. The standard InChI is InChI=1S/C26H21FN2O5S/c1-33-22-13-16(10-11-21(22)34-15-24(30)28-19-7-3-2-6-18(19)27)12-17(14-25(31)32)26-29-20-8-4-5-9-23(20)35-26/h2-13H,14-15H2,1H3,(H,28,30)(H,31,32). The summed E-state index contributed by atoms with van der Waals surface area (Å²) in [5.41, 5.74) is 2.10. The van der Waals surface area contributed by atoms with Crippen LogP contribution < -0.4 is 14.8 Å². The molecule has 0 saturated carbocycles. The summed E-state index contributed by atoms with van der Waals surface area (Å²) < 4.78 is 25.7. The molecule has 1 amide bonds. The minimum absolute atomic E-state index is 0.0642. The molecule has 0 aliphatic carbocycles. The third-order valence-electron chi connectivity index (χ3n) is 4.95. The van der Waals surface area contributed by atoms with Crippen molar-refractivity contribution in [2.24, 2.45) is 0 Å². The van der Waals surface area contributed by atoms with Crippen LogP contribution in [0.2, 0.25) is 0 Å². The van der Waals surface area contributed by atoms with Gasteiger partial charge < -0.3 is 19.9 Å². The molecule has 1 heterocycles. The number of methoxy groups -OCH3 is 1. The van der Waals surface area contributed by atoms with E-state index in [1.807, 2.05) is 24.3 Å². The number of carbonyl (C=O) groups excluding carboxylic acids is 1. The Hall–Kier alpha value is -4.24. The van der Waals surface area contributed by atoms with Gasteiger partial charge in [-0.2, -0.15) is 0 Å². The van der Waals surface area contributed by atoms with Gasteiger partial charge in [0, 0.05) is 0 Å². The molecular formula is C26H21FN2O5S. The van der Waals surface area contributed by atoms with Crippen LogP contribution in [0.3, 0.4) is 0 Å². The molecule has 7 nitrogen and oxygen atoms in total. The van der Waals surface area contributed by atoms with Gasteiger partial charge in [0.1, 0.15) is 10.8 Å². The number of anilines is 1. The van der Waals surface area contributed by atoms with Crippen LogP contribution in [0.1, 0.15) is 17.0 Å². The Morgan fingerprint density at radius 1 is 1.09 bits per heavy atom. The molecule has 0 fully saturated rings. The number of fused-ring (bicyclic) bond motifs is 1. The number of amides is 1. The summed E-state index contributed by atoms with van der Waals surface area (Å²) in [6, 6.07) is 18.5. The van der Waals surface area contributed by atoms with Gasteiger partial charge in [0.15, 0.2) is 18.1 Å². The third kappa shape index (κ3) is 6.01. The highest BCUT2D eigenvalue weighted by Gasteiger charge is 2.14. The minimum Gasteiger partial charge on any atom is -0.493 e. The van der Waals surface area contributed by atoms with Crippen molar-refractivity contribution in [1.82, 2.24) is 4.98 Å². The van der Waals surface area contributed by atoms with E-state index in [9.17, 15) is 19.1 Å². The summed E-state index contributed by atoms with van der Waals surface area (Å²) in [6.07, 6.45) is 1.54. The molecule has 3 aromatic carbocycles. The number of carbonyl (C=O) groups is 2. The number of halogens is 1. The van der Waals surface area contributed by atoms with Crippen LogP contribution in [0, 0.1) is 5.82 Å². The molecule has 2 N–H and O–H groups in total. The van der Waals surface area contributed by atoms with Crippen LogP contribution in [0.4, 0.5) is 10.1 Å². The van der Waals surface area contributed by atoms with Crippen molar-refractivity contribution in [2.45, 2.75) is 6.42 Å². The molecule has 0 unspecified atom stereocenters. The van der Waals surface area contributed by atoms with E-state index >= 15 is 0 Å². The summed E-state index contributed by atoms with van der Waals surface area (Å²) in [5, 5.41) is 12.5. The zero-order chi connectivity index (χ0) is 24.8. The summed E-state index contributed by atoms with van der Waals surface area (Å²) in [4.78, 5) is 28.2. The zero-order valence-electron chi connectivity index (χ0n) is 18.7. The highest BCUT2D eigenvalue weighted by Crippen LogP contribution is 2.33. The Morgan fingerprint density at radius 3 is 2.60 bits per heavy atom. The van der Waals surface area contributed by atoms with Crippen molar-refractivity contribution < 1.29 is 28.6 Å².